The van der Waals surface area contributed by atoms with Crippen LogP contribution in [0.15, 0.2) is 60.7 Å². The van der Waals surface area contributed by atoms with Crippen LogP contribution in [0.25, 0.3) is 0 Å². The molecule has 32 heavy (non-hydrogen) atoms. The van der Waals surface area contributed by atoms with Gasteiger partial charge in [0.15, 0.2) is 0 Å². The average molecular weight is 435 g/mol. The van der Waals surface area contributed by atoms with Gasteiger partial charge in [-0.25, -0.2) is 0 Å². The van der Waals surface area contributed by atoms with Gasteiger partial charge >= 0.3 is 0 Å². The van der Waals surface area contributed by atoms with Crippen LogP contribution < -0.4 is 14.8 Å². The van der Waals surface area contributed by atoms with Crippen LogP contribution in [-0.2, 0) is 11.2 Å². The van der Waals surface area contributed by atoms with Gasteiger partial charge in [-0.05, 0) is 76.2 Å². The standard InChI is InChI=1S/C26H30N2O4/c1-17(2)31-22-10-12-23(13-11-22)32-24-8-6-7-20(16-24)28-26(29)25-14-9-21(27-19(25)4)15-18(3)30-5/h6-14,16-18H,15H2,1-5H3,(H,28,29). The Morgan fingerprint density at radius 3 is 2.34 bits per heavy atom. The van der Waals surface area contributed by atoms with Crippen molar-refractivity contribution in [3.63, 3.8) is 0 Å². The highest BCUT2D eigenvalue weighted by Crippen LogP contribution is 2.26. The molecule has 0 saturated heterocycles. The normalized spacial score (nSPS) is 11.8. The van der Waals surface area contributed by atoms with Gasteiger partial charge in [0.05, 0.1) is 23.5 Å². The van der Waals surface area contributed by atoms with Gasteiger partial charge in [0.1, 0.15) is 17.2 Å². The first-order valence-corrected chi connectivity index (χ1v) is 10.7. The summed E-state index contributed by atoms with van der Waals surface area (Å²) in [7, 11) is 1.67. The quantitative estimate of drug-likeness (QED) is 0.461. The number of aromatic nitrogens is 1. The van der Waals surface area contributed by atoms with E-state index in [0.29, 0.717) is 34.9 Å². The lowest BCUT2D eigenvalue weighted by Crippen LogP contribution is -2.16. The van der Waals surface area contributed by atoms with Crippen LogP contribution in [0.2, 0.25) is 0 Å². The van der Waals surface area contributed by atoms with Crippen molar-refractivity contribution in [3.8, 4) is 17.2 Å². The Balaban J connectivity index is 1.66. The van der Waals surface area contributed by atoms with Crippen molar-refractivity contribution in [2.24, 2.45) is 0 Å². The second-order valence-corrected chi connectivity index (χ2v) is 7.91. The number of anilines is 1. The molecule has 0 aliphatic carbocycles. The SMILES string of the molecule is COC(C)Cc1ccc(C(=O)Nc2cccc(Oc3ccc(OC(C)C)cc3)c2)c(C)n1. The van der Waals surface area contributed by atoms with Crippen molar-refractivity contribution in [1.29, 1.82) is 0 Å². The van der Waals surface area contributed by atoms with Gasteiger partial charge in [-0.15, -0.1) is 0 Å². The molecule has 1 amide bonds. The third kappa shape index (κ3) is 6.56. The van der Waals surface area contributed by atoms with E-state index in [2.05, 4.69) is 10.3 Å². The van der Waals surface area contributed by atoms with Gasteiger partial charge in [-0.1, -0.05) is 6.07 Å². The van der Waals surface area contributed by atoms with Crippen molar-refractivity contribution in [2.45, 2.75) is 46.3 Å². The number of ether oxygens (including phenoxy) is 3. The van der Waals surface area contributed by atoms with E-state index in [1.807, 2.05) is 76.2 Å². The summed E-state index contributed by atoms with van der Waals surface area (Å²) in [6.07, 6.45) is 0.887. The molecule has 0 bridgehead atoms. The molecule has 2 aromatic carbocycles. The lowest BCUT2D eigenvalue weighted by molar-refractivity contribution is 0.102. The molecule has 0 aliphatic rings. The number of rotatable bonds is 9. The van der Waals surface area contributed by atoms with E-state index in [1.165, 1.54) is 0 Å². The van der Waals surface area contributed by atoms with Crippen LogP contribution >= 0.6 is 0 Å². The topological polar surface area (TPSA) is 69.7 Å². The van der Waals surface area contributed by atoms with E-state index in [4.69, 9.17) is 14.2 Å². The highest BCUT2D eigenvalue weighted by atomic mass is 16.5. The highest BCUT2D eigenvalue weighted by molar-refractivity contribution is 6.05. The third-order valence-electron chi connectivity index (χ3n) is 4.81. The number of carbonyl (C=O) groups is 1. The summed E-state index contributed by atoms with van der Waals surface area (Å²) in [6, 6.07) is 18.4. The molecule has 1 N–H and O–H groups in total. The summed E-state index contributed by atoms with van der Waals surface area (Å²) in [5, 5.41) is 2.92. The number of nitrogens with zero attached hydrogens (tertiary/aromatic N) is 1. The van der Waals surface area contributed by atoms with E-state index < -0.39 is 0 Å². The number of carbonyl (C=O) groups excluding carboxylic acids is 1. The fraction of sp³-hybridized carbons (Fsp3) is 0.308. The molecule has 0 aliphatic heterocycles. The predicted octanol–water partition coefficient (Wildman–Crippen LogP) is 5.80. The van der Waals surface area contributed by atoms with E-state index in [0.717, 1.165) is 11.4 Å². The zero-order chi connectivity index (χ0) is 23.1. The fourth-order valence-corrected chi connectivity index (χ4v) is 3.17. The second kappa shape index (κ2) is 10.8. The number of pyridine rings is 1. The summed E-state index contributed by atoms with van der Waals surface area (Å²) in [5.74, 6) is 1.89. The number of methoxy groups -OCH3 is 1. The number of hydrogen-bond donors (Lipinski definition) is 1. The number of amides is 1. The molecular formula is C26H30N2O4. The molecular weight excluding hydrogens is 404 g/mol. The number of nitrogens with one attached hydrogen (secondary N) is 1. The van der Waals surface area contributed by atoms with E-state index in [1.54, 1.807) is 19.2 Å². The zero-order valence-electron chi connectivity index (χ0n) is 19.2. The van der Waals surface area contributed by atoms with Crippen molar-refractivity contribution in [1.82, 2.24) is 4.98 Å². The molecule has 1 aromatic heterocycles. The Kier molecular flexibility index (Phi) is 7.84. The number of hydrogen-bond acceptors (Lipinski definition) is 5. The second-order valence-electron chi connectivity index (χ2n) is 7.91. The third-order valence-corrected chi connectivity index (χ3v) is 4.81. The van der Waals surface area contributed by atoms with Gasteiger partial charge in [-0.2, -0.15) is 0 Å². The highest BCUT2D eigenvalue weighted by Gasteiger charge is 2.13. The first-order chi connectivity index (χ1) is 15.3. The van der Waals surface area contributed by atoms with Crippen molar-refractivity contribution in [2.75, 3.05) is 12.4 Å². The smallest absolute Gasteiger partial charge is 0.257 e. The number of benzene rings is 2. The molecule has 0 radical (unpaired) electrons. The van der Waals surface area contributed by atoms with Gasteiger partial charge in [-0.3, -0.25) is 9.78 Å². The van der Waals surface area contributed by atoms with Gasteiger partial charge in [0.25, 0.3) is 5.91 Å². The zero-order valence-corrected chi connectivity index (χ0v) is 19.2. The summed E-state index contributed by atoms with van der Waals surface area (Å²) in [6.45, 7) is 7.79. The molecule has 6 nitrogen and oxygen atoms in total. The fourth-order valence-electron chi connectivity index (χ4n) is 3.17. The molecule has 1 heterocycles. The van der Waals surface area contributed by atoms with Crippen LogP contribution in [0.5, 0.6) is 17.2 Å². The van der Waals surface area contributed by atoms with Crippen LogP contribution in [0.1, 0.15) is 42.5 Å². The minimum atomic E-state index is -0.214. The Morgan fingerprint density at radius 2 is 1.69 bits per heavy atom. The van der Waals surface area contributed by atoms with Crippen molar-refractivity contribution >= 4 is 11.6 Å². The molecule has 1 atom stereocenters. The average Bonchev–Trinajstić information content (AvgIpc) is 2.75. The maximum Gasteiger partial charge on any atom is 0.257 e. The summed E-state index contributed by atoms with van der Waals surface area (Å²) >= 11 is 0. The monoisotopic (exact) mass is 434 g/mol. The molecule has 168 valence electrons. The van der Waals surface area contributed by atoms with E-state index >= 15 is 0 Å². The molecule has 3 aromatic rings. The molecule has 0 saturated carbocycles. The summed E-state index contributed by atoms with van der Waals surface area (Å²) < 4.78 is 16.9. The van der Waals surface area contributed by atoms with E-state index in [9.17, 15) is 4.79 Å². The molecule has 1 unspecified atom stereocenters. The lowest BCUT2D eigenvalue weighted by atomic mass is 10.1. The largest absolute Gasteiger partial charge is 0.491 e. The first-order valence-electron chi connectivity index (χ1n) is 10.7. The van der Waals surface area contributed by atoms with Crippen LogP contribution in [0.3, 0.4) is 0 Å². The molecule has 0 fully saturated rings. The van der Waals surface area contributed by atoms with Crippen LogP contribution in [0, 0.1) is 6.92 Å². The predicted molar refractivity (Wildman–Crippen MR) is 126 cm³/mol. The van der Waals surface area contributed by atoms with Gasteiger partial charge < -0.3 is 19.5 Å². The van der Waals surface area contributed by atoms with Crippen LogP contribution in [0.4, 0.5) is 5.69 Å². The Bertz CT molecular complexity index is 1050. The van der Waals surface area contributed by atoms with Crippen molar-refractivity contribution in [3.05, 3.63) is 77.6 Å². The Morgan fingerprint density at radius 1 is 0.969 bits per heavy atom. The Hall–Kier alpha value is -3.38. The summed E-state index contributed by atoms with van der Waals surface area (Å²) in [5.41, 5.74) is 2.75. The summed E-state index contributed by atoms with van der Waals surface area (Å²) in [4.78, 5) is 17.3. The maximum atomic E-state index is 12.8. The molecule has 3 rings (SSSR count). The van der Waals surface area contributed by atoms with E-state index in [-0.39, 0.29) is 18.1 Å². The number of aryl methyl sites for hydroxylation is 1. The minimum Gasteiger partial charge on any atom is -0.491 e. The maximum absolute atomic E-state index is 12.8. The Labute approximate surface area is 189 Å². The van der Waals surface area contributed by atoms with Gasteiger partial charge in [0.2, 0.25) is 0 Å². The van der Waals surface area contributed by atoms with Crippen LogP contribution in [-0.4, -0.2) is 30.2 Å². The van der Waals surface area contributed by atoms with Crippen molar-refractivity contribution < 1.29 is 19.0 Å². The lowest BCUT2D eigenvalue weighted by Gasteiger charge is -2.13. The molecule has 6 heteroatoms. The minimum absolute atomic E-state index is 0.0725. The van der Waals surface area contributed by atoms with Gasteiger partial charge in [0, 0.05) is 31.0 Å². The molecule has 0 spiro atoms. The first kappa shape index (κ1) is 23.3.